The fourth-order valence-electron chi connectivity index (χ4n) is 5.10. The predicted octanol–water partition coefficient (Wildman–Crippen LogP) is 6.37. The number of halogens is 3. The summed E-state index contributed by atoms with van der Waals surface area (Å²) in [6, 6.07) is 10.4. The lowest BCUT2D eigenvalue weighted by molar-refractivity contribution is 0.184. The third-order valence-electron chi connectivity index (χ3n) is 6.85. The molecule has 172 valence electrons. The van der Waals surface area contributed by atoms with Crippen LogP contribution in [0, 0.1) is 5.92 Å². The first-order valence-corrected chi connectivity index (χ1v) is 12.3. The Morgan fingerprint density at radius 3 is 2.42 bits per heavy atom. The lowest BCUT2D eigenvalue weighted by Crippen LogP contribution is -2.38. The number of aromatic nitrogens is 1. The van der Waals surface area contributed by atoms with Crippen LogP contribution in [0.2, 0.25) is 15.1 Å². The monoisotopic (exact) mass is 503 g/mol. The third-order valence-corrected chi connectivity index (χ3v) is 7.65. The van der Waals surface area contributed by atoms with Gasteiger partial charge in [-0.05, 0) is 67.5 Å². The molecule has 2 aliphatic rings. The number of benzene rings is 2. The van der Waals surface area contributed by atoms with E-state index in [2.05, 4.69) is 6.92 Å². The molecule has 2 atom stereocenters. The van der Waals surface area contributed by atoms with Gasteiger partial charge in [-0.3, -0.25) is 9.80 Å². The molecular formula is C25H24Cl3N3O2. The van der Waals surface area contributed by atoms with Crippen LogP contribution < -0.4 is 5.43 Å². The van der Waals surface area contributed by atoms with Crippen LogP contribution >= 0.6 is 34.8 Å². The standard InChI is InChI=1S/C25H24Cl3N3O2/c1-14-18(17-7-5-16(27)12-20(17)28)13-22-23(24(14)29-30-9-3-2-4-10-30)25(32)19-11-15(26)6-8-21(19)31(22)33/h5-8,11-12,14,18,33H,2-4,9-10,13H2,1H3/b29-24-. The minimum atomic E-state index is -0.156. The smallest absolute Gasteiger partial charge is 0.199 e. The van der Waals surface area contributed by atoms with Crippen molar-refractivity contribution in [3.63, 3.8) is 0 Å². The first-order valence-electron chi connectivity index (χ1n) is 11.2. The van der Waals surface area contributed by atoms with Gasteiger partial charge in [-0.2, -0.15) is 9.83 Å². The van der Waals surface area contributed by atoms with E-state index >= 15 is 0 Å². The maximum absolute atomic E-state index is 13.7. The quantitative estimate of drug-likeness (QED) is 0.413. The lowest BCUT2D eigenvalue weighted by Gasteiger charge is -2.35. The van der Waals surface area contributed by atoms with E-state index < -0.39 is 0 Å². The molecule has 5 rings (SSSR count). The van der Waals surface area contributed by atoms with Crippen molar-refractivity contribution in [1.82, 2.24) is 9.74 Å². The molecule has 0 amide bonds. The molecule has 33 heavy (non-hydrogen) atoms. The SMILES string of the molecule is CC1/C(=N/N2CCCCC2)c2c(n(O)c3ccc(Cl)cc3c2=O)CC1c1ccc(Cl)cc1Cl. The third kappa shape index (κ3) is 4.01. The van der Waals surface area contributed by atoms with E-state index in [1.807, 2.05) is 17.1 Å². The number of hydrazone groups is 1. The van der Waals surface area contributed by atoms with Gasteiger partial charge in [0.25, 0.3) is 0 Å². The molecule has 0 bridgehead atoms. The summed E-state index contributed by atoms with van der Waals surface area (Å²) in [4.78, 5) is 13.7. The van der Waals surface area contributed by atoms with Crippen molar-refractivity contribution < 1.29 is 5.21 Å². The molecule has 1 aliphatic carbocycles. The fourth-order valence-corrected chi connectivity index (χ4v) is 5.82. The maximum atomic E-state index is 13.7. The molecule has 1 fully saturated rings. The second-order valence-corrected chi connectivity index (χ2v) is 10.2. The molecule has 1 aromatic heterocycles. The van der Waals surface area contributed by atoms with Gasteiger partial charge < -0.3 is 5.21 Å². The number of pyridine rings is 1. The molecule has 1 N–H and O–H groups in total. The van der Waals surface area contributed by atoms with Gasteiger partial charge in [0.05, 0.1) is 27.9 Å². The Balaban J connectivity index is 1.76. The van der Waals surface area contributed by atoms with E-state index in [-0.39, 0.29) is 17.3 Å². The second kappa shape index (κ2) is 8.86. The molecule has 0 spiro atoms. The Morgan fingerprint density at radius 1 is 1.00 bits per heavy atom. The highest BCUT2D eigenvalue weighted by atomic mass is 35.5. The number of hydrogen-bond acceptors (Lipinski definition) is 4. The molecule has 0 saturated carbocycles. The largest absolute Gasteiger partial charge is 0.428 e. The molecule has 2 heterocycles. The van der Waals surface area contributed by atoms with Crippen molar-refractivity contribution in [2.24, 2.45) is 11.0 Å². The summed E-state index contributed by atoms with van der Waals surface area (Å²) in [6.45, 7) is 3.78. The van der Waals surface area contributed by atoms with Crippen LogP contribution in [0.1, 0.15) is 48.9 Å². The molecular weight excluding hydrogens is 481 g/mol. The van der Waals surface area contributed by atoms with Crippen molar-refractivity contribution in [1.29, 1.82) is 0 Å². The van der Waals surface area contributed by atoms with Crippen LogP contribution in [-0.4, -0.2) is 33.7 Å². The van der Waals surface area contributed by atoms with Crippen LogP contribution in [0.5, 0.6) is 0 Å². The minimum absolute atomic E-state index is 0.0756. The molecule has 1 aliphatic heterocycles. The molecule has 0 radical (unpaired) electrons. The molecule has 8 heteroatoms. The van der Waals surface area contributed by atoms with Crippen LogP contribution in [0.3, 0.4) is 0 Å². The normalized spacial score (nSPS) is 22.1. The van der Waals surface area contributed by atoms with Crippen molar-refractivity contribution in [3.8, 4) is 0 Å². The van der Waals surface area contributed by atoms with E-state index in [1.54, 1.807) is 24.3 Å². The molecule has 5 nitrogen and oxygen atoms in total. The van der Waals surface area contributed by atoms with E-state index in [0.717, 1.165) is 36.2 Å². The fraction of sp³-hybridized carbons (Fsp3) is 0.360. The van der Waals surface area contributed by atoms with Gasteiger partial charge in [-0.1, -0.05) is 47.8 Å². The summed E-state index contributed by atoms with van der Waals surface area (Å²) >= 11 is 18.9. The van der Waals surface area contributed by atoms with E-state index in [9.17, 15) is 10.0 Å². The Morgan fingerprint density at radius 2 is 1.70 bits per heavy atom. The molecule has 2 unspecified atom stereocenters. The number of fused-ring (bicyclic) bond motifs is 2. The van der Waals surface area contributed by atoms with Crippen LogP contribution in [0.15, 0.2) is 46.3 Å². The summed E-state index contributed by atoms with van der Waals surface area (Å²) in [5, 5.41) is 20.2. The van der Waals surface area contributed by atoms with Gasteiger partial charge in [0.15, 0.2) is 5.43 Å². The topological polar surface area (TPSA) is 57.8 Å². The lowest BCUT2D eigenvalue weighted by atomic mass is 9.73. The molecule has 3 aromatic rings. The second-order valence-electron chi connectivity index (χ2n) is 8.89. The van der Waals surface area contributed by atoms with Crippen molar-refractivity contribution in [3.05, 3.63) is 78.5 Å². The van der Waals surface area contributed by atoms with Crippen LogP contribution in [-0.2, 0) is 6.42 Å². The average Bonchev–Trinajstić information content (AvgIpc) is 2.80. The first kappa shape index (κ1) is 22.6. The van der Waals surface area contributed by atoms with Crippen LogP contribution in [0.25, 0.3) is 10.9 Å². The zero-order valence-electron chi connectivity index (χ0n) is 18.2. The Kier molecular flexibility index (Phi) is 6.06. The zero-order chi connectivity index (χ0) is 23.3. The summed E-state index contributed by atoms with van der Waals surface area (Å²) < 4.78 is 1.12. The van der Waals surface area contributed by atoms with E-state index in [0.29, 0.717) is 49.4 Å². The average molecular weight is 505 g/mol. The van der Waals surface area contributed by atoms with Gasteiger partial charge in [-0.25, -0.2) is 0 Å². The number of hydrogen-bond donors (Lipinski definition) is 1. The highest BCUT2D eigenvalue weighted by Crippen LogP contribution is 2.41. The predicted molar refractivity (Wildman–Crippen MR) is 134 cm³/mol. The highest BCUT2D eigenvalue weighted by Gasteiger charge is 2.38. The van der Waals surface area contributed by atoms with Crippen LogP contribution in [0.4, 0.5) is 0 Å². The van der Waals surface area contributed by atoms with E-state index in [1.165, 1.54) is 6.42 Å². The molecule has 2 aromatic carbocycles. The zero-order valence-corrected chi connectivity index (χ0v) is 20.5. The summed E-state index contributed by atoms with van der Waals surface area (Å²) in [5.74, 6) is -0.171. The summed E-state index contributed by atoms with van der Waals surface area (Å²) in [5.41, 5.74) is 2.89. The Hall–Kier alpha value is -2.21. The first-order chi connectivity index (χ1) is 15.8. The van der Waals surface area contributed by atoms with Gasteiger partial charge >= 0.3 is 0 Å². The van der Waals surface area contributed by atoms with Gasteiger partial charge in [0.2, 0.25) is 0 Å². The minimum Gasteiger partial charge on any atom is -0.428 e. The Bertz CT molecular complexity index is 1330. The summed E-state index contributed by atoms with van der Waals surface area (Å²) in [7, 11) is 0. The van der Waals surface area contributed by atoms with Crippen molar-refractivity contribution in [2.75, 3.05) is 13.1 Å². The van der Waals surface area contributed by atoms with Crippen molar-refractivity contribution >= 4 is 51.4 Å². The van der Waals surface area contributed by atoms with E-state index in [4.69, 9.17) is 39.9 Å². The number of piperidine rings is 1. The maximum Gasteiger partial charge on any atom is 0.199 e. The Labute approximate surface area is 207 Å². The number of rotatable bonds is 2. The van der Waals surface area contributed by atoms with Crippen molar-refractivity contribution in [2.45, 2.75) is 38.5 Å². The van der Waals surface area contributed by atoms with Gasteiger partial charge in [-0.15, -0.1) is 0 Å². The molecule has 1 saturated heterocycles. The summed E-state index contributed by atoms with van der Waals surface area (Å²) in [6.07, 6.45) is 3.77. The van der Waals surface area contributed by atoms with Gasteiger partial charge in [0, 0.05) is 34.1 Å². The number of nitrogens with zero attached hydrogens (tertiary/aromatic N) is 3. The highest BCUT2D eigenvalue weighted by molar-refractivity contribution is 6.35. The van der Waals surface area contributed by atoms with Gasteiger partial charge in [0.1, 0.15) is 0 Å².